The van der Waals surface area contributed by atoms with Crippen molar-refractivity contribution in [2.75, 3.05) is 18.5 Å². The highest BCUT2D eigenvalue weighted by Crippen LogP contribution is 2.19. The predicted octanol–water partition coefficient (Wildman–Crippen LogP) is 2.33. The van der Waals surface area contributed by atoms with Crippen molar-refractivity contribution in [1.29, 1.82) is 0 Å². The van der Waals surface area contributed by atoms with Crippen LogP contribution in [0, 0.1) is 6.92 Å². The summed E-state index contributed by atoms with van der Waals surface area (Å²) in [5.41, 5.74) is 6.90. The second kappa shape index (κ2) is 5.47. The highest BCUT2D eigenvalue weighted by Gasteiger charge is 2.07. The topological polar surface area (TPSA) is 42.2 Å². The Hall–Kier alpha value is -0.610. The Morgan fingerprint density at radius 2 is 2.27 bits per heavy atom. The van der Waals surface area contributed by atoms with Crippen molar-refractivity contribution in [2.45, 2.75) is 26.3 Å². The number of hydrogen-bond acceptors (Lipinski definition) is 3. The zero-order chi connectivity index (χ0) is 11.4. The molecular formula is C11H18BrN3. The Balaban J connectivity index is 2.69. The van der Waals surface area contributed by atoms with E-state index in [1.54, 1.807) is 0 Å². The van der Waals surface area contributed by atoms with Crippen LogP contribution < -0.4 is 10.6 Å². The number of rotatable bonds is 4. The van der Waals surface area contributed by atoms with E-state index in [2.05, 4.69) is 38.8 Å². The van der Waals surface area contributed by atoms with Gasteiger partial charge >= 0.3 is 0 Å². The van der Waals surface area contributed by atoms with Gasteiger partial charge in [-0.2, -0.15) is 0 Å². The molecule has 0 amide bonds. The third-order valence-corrected chi connectivity index (χ3v) is 2.73. The highest BCUT2D eigenvalue weighted by molar-refractivity contribution is 9.10. The summed E-state index contributed by atoms with van der Waals surface area (Å²) in [5.74, 6) is 1.03. The lowest BCUT2D eigenvalue weighted by Gasteiger charge is -2.21. The summed E-state index contributed by atoms with van der Waals surface area (Å²) in [6.45, 7) is 5.03. The molecule has 0 aliphatic heterocycles. The van der Waals surface area contributed by atoms with Crippen LogP contribution in [0.1, 0.15) is 18.9 Å². The van der Waals surface area contributed by atoms with Gasteiger partial charge in [-0.3, -0.25) is 0 Å². The molecule has 0 bridgehead atoms. The first-order valence-corrected chi connectivity index (χ1v) is 5.89. The van der Waals surface area contributed by atoms with Gasteiger partial charge in [-0.15, -0.1) is 0 Å². The fourth-order valence-electron chi connectivity index (χ4n) is 1.44. The average molecular weight is 272 g/mol. The number of anilines is 1. The number of nitrogens with zero attached hydrogens (tertiary/aromatic N) is 2. The summed E-state index contributed by atoms with van der Waals surface area (Å²) in [6.07, 6.45) is 2.80. The van der Waals surface area contributed by atoms with Gasteiger partial charge in [-0.25, -0.2) is 4.98 Å². The molecule has 0 saturated heterocycles. The molecule has 1 aromatic rings. The van der Waals surface area contributed by atoms with E-state index in [4.69, 9.17) is 5.73 Å². The fourth-order valence-corrected chi connectivity index (χ4v) is 1.88. The molecule has 1 rings (SSSR count). The van der Waals surface area contributed by atoms with Crippen LogP contribution in [0.5, 0.6) is 0 Å². The molecule has 0 aliphatic carbocycles. The zero-order valence-corrected chi connectivity index (χ0v) is 11.1. The maximum atomic E-state index is 5.73. The summed E-state index contributed by atoms with van der Waals surface area (Å²) < 4.78 is 1.02. The van der Waals surface area contributed by atoms with Gasteiger partial charge in [0.2, 0.25) is 0 Å². The average Bonchev–Trinajstić information content (AvgIpc) is 2.14. The van der Waals surface area contributed by atoms with Crippen LogP contribution in [0.3, 0.4) is 0 Å². The van der Waals surface area contributed by atoms with Crippen LogP contribution in [0.4, 0.5) is 5.82 Å². The van der Waals surface area contributed by atoms with Crippen LogP contribution in [0.15, 0.2) is 16.7 Å². The summed E-state index contributed by atoms with van der Waals surface area (Å²) in [5, 5.41) is 0. The largest absolute Gasteiger partial charge is 0.359 e. The van der Waals surface area contributed by atoms with Crippen molar-refractivity contribution in [1.82, 2.24) is 4.98 Å². The van der Waals surface area contributed by atoms with Gasteiger partial charge in [-0.05, 0) is 47.8 Å². The Morgan fingerprint density at radius 1 is 1.60 bits per heavy atom. The van der Waals surface area contributed by atoms with Gasteiger partial charge in [-0.1, -0.05) is 0 Å². The summed E-state index contributed by atoms with van der Waals surface area (Å²) in [4.78, 5) is 6.54. The smallest absolute Gasteiger partial charge is 0.131 e. The second-order valence-corrected chi connectivity index (χ2v) is 4.90. The Bertz CT molecular complexity index is 326. The fraction of sp³-hybridized carbons (Fsp3) is 0.545. The molecule has 3 nitrogen and oxygen atoms in total. The predicted molar refractivity (Wildman–Crippen MR) is 68.2 cm³/mol. The Labute approximate surface area is 99.8 Å². The van der Waals surface area contributed by atoms with Crippen molar-refractivity contribution < 1.29 is 0 Å². The first kappa shape index (κ1) is 12.5. The van der Waals surface area contributed by atoms with Gasteiger partial charge in [0.05, 0.1) is 0 Å². The van der Waals surface area contributed by atoms with Gasteiger partial charge in [0.1, 0.15) is 5.82 Å². The Kier molecular flexibility index (Phi) is 4.54. The molecule has 0 aliphatic rings. The number of pyridine rings is 1. The van der Waals surface area contributed by atoms with Gasteiger partial charge in [0.25, 0.3) is 0 Å². The normalized spacial score (nSPS) is 12.6. The molecule has 84 valence electrons. The molecule has 0 fully saturated rings. The summed E-state index contributed by atoms with van der Waals surface area (Å²) >= 11 is 3.41. The van der Waals surface area contributed by atoms with Crippen molar-refractivity contribution in [3.8, 4) is 0 Å². The number of aromatic nitrogens is 1. The van der Waals surface area contributed by atoms with E-state index >= 15 is 0 Å². The standard InChI is InChI=1S/C11H18BrN3/c1-8-6-10(12)7-14-11(8)15(3)5-4-9(2)13/h6-7,9H,4-5,13H2,1-3H3. The SMILES string of the molecule is Cc1cc(Br)cnc1N(C)CCC(C)N. The van der Waals surface area contributed by atoms with Gasteiger partial charge in [0, 0.05) is 30.3 Å². The number of aryl methyl sites for hydroxylation is 1. The minimum atomic E-state index is 0.239. The molecule has 1 atom stereocenters. The van der Waals surface area contributed by atoms with Crippen LogP contribution in [0.25, 0.3) is 0 Å². The monoisotopic (exact) mass is 271 g/mol. The molecule has 15 heavy (non-hydrogen) atoms. The third-order valence-electron chi connectivity index (χ3n) is 2.30. The van der Waals surface area contributed by atoms with Crippen LogP contribution >= 0.6 is 15.9 Å². The molecule has 0 spiro atoms. The summed E-state index contributed by atoms with van der Waals surface area (Å²) in [6, 6.07) is 2.31. The Morgan fingerprint density at radius 3 is 2.80 bits per heavy atom. The molecule has 0 saturated carbocycles. The second-order valence-electron chi connectivity index (χ2n) is 3.98. The molecule has 0 aromatic carbocycles. The molecule has 1 aromatic heterocycles. The lowest BCUT2D eigenvalue weighted by molar-refractivity contribution is 0.655. The van der Waals surface area contributed by atoms with E-state index in [0.29, 0.717) is 0 Å². The molecule has 0 radical (unpaired) electrons. The first-order chi connectivity index (χ1) is 7.00. The van der Waals surface area contributed by atoms with E-state index in [-0.39, 0.29) is 6.04 Å². The summed E-state index contributed by atoms with van der Waals surface area (Å²) in [7, 11) is 2.05. The van der Waals surface area contributed by atoms with E-state index in [9.17, 15) is 0 Å². The van der Waals surface area contributed by atoms with Gasteiger partial charge in [0.15, 0.2) is 0 Å². The van der Waals surface area contributed by atoms with Crippen LogP contribution in [-0.2, 0) is 0 Å². The van der Waals surface area contributed by atoms with E-state index in [1.807, 2.05) is 20.2 Å². The lowest BCUT2D eigenvalue weighted by Crippen LogP contribution is -2.26. The lowest BCUT2D eigenvalue weighted by atomic mass is 10.2. The van der Waals surface area contributed by atoms with E-state index < -0.39 is 0 Å². The maximum Gasteiger partial charge on any atom is 0.131 e. The minimum Gasteiger partial charge on any atom is -0.359 e. The number of hydrogen-bond donors (Lipinski definition) is 1. The van der Waals surface area contributed by atoms with E-state index in [1.165, 1.54) is 5.56 Å². The molecule has 4 heteroatoms. The van der Waals surface area contributed by atoms with Crippen molar-refractivity contribution in [2.24, 2.45) is 5.73 Å². The molecular weight excluding hydrogens is 254 g/mol. The van der Waals surface area contributed by atoms with E-state index in [0.717, 1.165) is 23.3 Å². The third kappa shape index (κ3) is 3.80. The maximum absolute atomic E-state index is 5.73. The molecule has 2 N–H and O–H groups in total. The van der Waals surface area contributed by atoms with Crippen LogP contribution in [0.2, 0.25) is 0 Å². The first-order valence-electron chi connectivity index (χ1n) is 5.09. The van der Waals surface area contributed by atoms with Gasteiger partial charge < -0.3 is 10.6 Å². The highest BCUT2D eigenvalue weighted by atomic mass is 79.9. The van der Waals surface area contributed by atoms with Crippen molar-refractivity contribution in [3.63, 3.8) is 0 Å². The zero-order valence-electron chi connectivity index (χ0n) is 9.50. The molecule has 1 heterocycles. The number of halogens is 1. The van der Waals surface area contributed by atoms with Crippen molar-refractivity contribution in [3.05, 3.63) is 22.3 Å². The van der Waals surface area contributed by atoms with Crippen molar-refractivity contribution >= 4 is 21.7 Å². The number of nitrogens with two attached hydrogens (primary N) is 1. The van der Waals surface area contributed by atoms with Crippen LogP contribution in [-0.4, -0.2) is 24.6 Å². The molecule has 1 unspecified atom stereocenters. The minimum absolute atomic E-state index is 0.239. The quantitative estimate of drug-likeness (QED) is 0.914.